The standard InChI is InChI=1S/C21H28O2/c1-14(2)9-16-5-7-20(22)18(11-16)13-19-12-17(10-15(3)4)6-8-21(19)23/h5-8,11-12,14-15,22-23H,9-10,13H2,1-4H3. The van der Waals surface area contributed by atoms with Gasteiger partial charge in [-0.2, -0.15) is 0 Å². The van der Waals surface area contributed by atoms with Crippen LogP contribution in [0, 0.1) is 11.8 Å². The lowest BCUT2D eigenvalue weighted by Gasteiger charge is -2.12. The van der Waals surface area contributed by atoms with E-state index in [-0.39, 0.29) is 0 Å². The maximum absolute atomic E-state index is 10.2. The molecule has 0 atom stereocenters. The van der Waals surface area contributed by atoms with Crippen molar-refractivity contribution in [3.63, 3.8) is 0 Å². The number of aromatic hydroxyl groups is 2. The number of rotatable bonds is 6. The summed E-state index contributed by atoms with van der Waals surface area (Å²) in [5.74, 6) is 1.75. The zero-order valence-electron chi connectivity index (χ0n) is 14.6. The summed E-state index contributed by atoms with van der Waals surface area (Å²) in [5.41, 5.74) is 4.21. The smallest absolute Gasteiger partial charge is 0.119 e. The maximum atomic E-state index is 10.2. The highest BCUT2D eigenvalue weighted by molar-refractivity contribution is 5.44. The van der Waals surface area contributed by atoms with Crippen LogP contribution in [0.2, 0.25) is 0 Å². The Morgan fingerprint density at radius 3 is 1.43 bits per heavy atom. The first kappa shape index (κ1) is 17.4. The van der Waals surface area contributed by atoms with E-state index in [1.807, 2.05) is 12.1 Å². The van der Waals surface area contributed by atoms with Crippen molar-refractivity contribution in [2.75, 3.05) is 0 Å². The summed E-state index contributed by atoms with van der Waals surface area (Å²) >= 11 is 0. The van der Waals surface area contributed by atoms with Crippen LogP contribution in [0.25, 0.3) is 0 Å². The summed E-state index contributed by atoms with van der Waals surface area (Å²) in [5, 5.41) is 20.3. The first-order valence-electron chi connectivity index (χ1n) is 8.46. The average Bonchev–Trinajstić information content (AvgIpc) is 2.45. The van der Waals surface area contributed by atoms with Gasteiger partial charge in [0, 0.05) is 6.42 Å². The Morgan fingerprint density at radius 2 is 1.09 bits per heavy atom. The van der Waals surface area contributed by atoms with Crippen molar-refractivity contribution in [2.24, 2.45) is 11.8 Å². The molecule has 0 aliphatic heterocycles. The van der Waals surface area contributed by atoms with Crippen LogP contribution in [0.5, 0.6) is 11.5 Å². The van der Waals surface area contributed by atoms with Gasteiger partial charge in [-0.15, -0.1) is 0 Å². The van der Waals surface area contributed by atoms with Crippen LogP contribution in [0.1, 0.15) is 49.9 Å². The first-order chi connectivity index (χ1) is 10.8. The third-order valence-corrected chi connectivity index (χ3v) is 3.96. The van der Waals surface area contributed by atoms with Gasteiger partial charge in [0.15, 0.2) is 0 Å². The SMILES string of the molecule is CC(C)Cc1ccc(O)c(Cc2cc(CC(C)C)ccc2O)c1. The van der Waals surface area contributed by atoms with Crippen molar-refractivity contribution in [1.29, 1.82) is 0 Å². The second-order valence-electron chi connectivity index (χ2n) is 7.30. The molecule has 0 bridgehead atoms. The molecule has 2 rings (SSSR count). The topological polar surface area (TPSA) is 40.5 Å². The molecule has 0 heterocycles. The van der Waals surface area contributed by atoms with Crippen LogP contribution in [0.15, 0.2) is 36.4 Å². The Hall–Kier alpha value is -1.96. The Bertz CT molecular complexity index is 599. The highest BCUT2D eigenvalue weighted by Gasteiger charge is 2.10. The average molecular weight is 312 g/mol. The van der Waals surface area contributed by atoms with Crippen molar-refractivity contribution in [1.82, 2.24) is 0 Å². The minimum absolute atomic E-state index is 0.297. The number of hydrogen-bond donors (Lipinski definition) is 2. The van der Waals surface area contributed by atoms with E-state index in [1.54, 1.807) is 12.1 Å². The van der Waals surface area contributed by atoms with E-state index in [1.165, 1.54) is 11.1 Å². The fourth-order valence-electron chi connectivity index (χ4n) is 2.96. The number of phenolic OH excluding ortho intramolecular Hbond substituents is 2. The molecule has 0 saturated carbocycles. The predicted molar refractivity (Wildman–Crippen MR) is 96.1 cm³/mol. The molecule has 0 aliphatic rings. The van der Waals surface area contributed by atoms with Gasteiger partial charge in [-0.3, -0.25) is 0 Å². The summed E-state index contributed by atoms with van der Waals surface area (Å²) in [6.07, 6.45) is 2.54. The molecule has 0 amide bonds. The minimum atomic E-state index is 0.297. The van der Waals surface area contributed by atoms with Crippen molar-refractivity contribution >= 4 is 0 Å². The van der Waals surface area contributed by atoms with E-state index in [9.17, 15) is 10.2 Å². The van der Waals surface area contributed by atoms with Crippen molar-refractivity contribution < 1.29 is 10.2 Å². The lowest BCUT2D eigenvalue weighted by molar-refractivity contribution is 0.462. The number of hydrogen-bond acceptors (Lipinski definition) is 2. The molecule has 2 aromatic rings. The molecule has 2 N–H and O–H groups in total. The molecular formula is C21H28O2. The molecule has 124 valence electrons. The molecule has 0 radical (unpaired) electrons. The third-order valence-electron chi connectivity index (χ3n) is 3.96. The number of benzene rings is 2. The molecule has 2 aromatic carbocycles. The highest BCUT2D eigenvalue weighted by Crippen LogP contribution is 2.28. The second kappa shape index (κ2) is 7.54. The Balaban J connectivity index is 2.27. The minimum Gasteiger partial charge on any atom is -0.508 e. The van der Waals surface area contributed by atoms with Gasteiger partial charge in [0.2, 0.25) is 0 Å². The monoisotopic (exact) mass is 312 g/mol. The maximum Gasteiger partial charge on any atom is 0.119 e. The van der Waals surface area contributed by atoms with Gasteiger partial charge in [-0.25, -0.2) is 0 Å². The molecule has 2 heteroatoms. The summed E-state index contributed by atoms with van der Waals surface area (Å²) in [4.78, 5) is 0. The van der Waals surface area contributed by atoms with Gasteiger partial charge < -0.3 is 10.2 Å². The fraction of sp³-hybridized carbons (Fsp3) is 0.429. The van der Waals surface area contributed by atoms with E-state index in [0.717, 1.165) is 24.0 Å². The van der Waals surface area contributed by atoms with Crippen molar-refractivity contribution in [3.05, 3.63) is 58.7 Å². The van der Waals surface area contributed by atoms with E-state index in [0.29, 0.717) is 29.8 Å². The zero-order valence-corrected chi connectivity index (χ0v) is 14.6. The molecule has 2 nitrogen and oxygen atoms in total. The lowest BCUT2D eigenvalue weighted by atomic mass is 9.95. The molecule has 0 aromatic heterocycles. The zero-order chi connectivity index (χ0) is 17.0. The lowest BCUT2D eigenvalue weighted by Crippen LogP contribution is -1.98. The third kappa shape index (κ3) is 5.02. The van der Waals surface area contributed by atoms with Gasteiger partial charge in [0.25, 0.3) is 0 Å². The molecule has 0 fully saturated rings. The molecular weight excluding hydrogens is 284 g/mol. The largest absolute Gasteiger partial charge is 0.508 e. The summed E-state index contributed by atoms with van der Waals surface area (Å²) in [6.45, 7) is 8.75. The number of phenols is 2. The van der Waals surface area contributed by atoms with Crippen LogP contribution >= 0.6 is 0 Å². The molecule has 23 heavy (non-hydrogen) atoms. The van der Waals surface area contributed by atoms with Gasteiger partial charge >= 0.3 is 0 Å². The van der Waals surface area contributed by atoms with Crippen LogP contribution in [-0.2, 0) is 19.3 Å². The summed E-state index contributed by atoms with van der Waals surface area (Å²) in [7, 11) is 0. The van der Waals surface area contributed by atoms with Gasteiger partial charge in [0.05, 0.1) is 0 Å². The molecule has 0 aliphatic carbocycles. The normalized spacial score (nSPS) is 11.4. The second-order valence-corrected chi connectivity index (χ2v) is 7.30. The van der Waals surface area contributed by atoms with Crippen LogP contribution in [-0.4, -0.2) is 10.2 Å². The predicted octanol–water partition coefficient (Wildman–Crippen LogP) is 5.09. The van der Waals surface area contributed by atoms with Crippen molar-refractivity contribution in [3.8, 4) is 11.5 Å². The van der Waals surface area contributed by atoms with E-state index < -0.39 is 0 Å². The Morgan fingerprint density at radius 1 is 0.696 bits per heavy atom. The van der Waals surface area contributed by atoms with Gasteiger partial charge in [-0.05, 0) is 59.1 Å². The Kier molecular flexibility index (Phi) is 5.70. The van der Waals surface area contributed by atoms with E-state index in [2.05, 4.69) is 39.8 Å². The van der Waals surface area contributed by atoms with Crippen LogP contribution < -0.4 is 0 Å². The van der Waals surface area contributed by atoms with Gasteiger partial charge in [0.1, 0.15) is 11.5 Å². The van der Waals surface area contributed by atoms with Crippen LogP contribution in [0.4, 0.5) is 0 Å². The first-order valence-corrected chi connectivity index (χ1v) is 8.46. The molecule has 0 saturated heterocycles. The fourth-order valence-corrected chi connectivity index (χ4v) is 2.96. The molecule has 0 unspecified atom stereocenters. The van der Waals surface area contributed by atoms with E-state index >= 15 is 0 Å². The Labute approximate surface area is 139 Å². The van der Waals surface area contributed by atoms with E-state index in [4.69, 9.17) is 0 Å². The van der Waals surface area contributed by atoms with Gasteiger partial charge in [-0.1, -0.05) is 52.0 Å². The van der Waals surface area contributed by atoms with Crippen molar-refractivity contribution in [2.45, 2.75) is 47.0 Å². The highest BCUT2D eigenvalue weighted by atomic mass is 16.3. The summed E-state index contributed by atoms with van der Waals surface area (Å²) in [6, 6.07) is 11.6. The quantitative estimate of drug-likeness (QED) is 0.780. The van der Waals surface area contributed by atoms with Crippen LogP contribution in [0.3, 0.4) is 0 Å². The molecule has 0 spiro atoms. The summed E-state index contributed by atoms with van der Waals surface area (Å²) < 4.78 is 0.